The second-order valence-corrected chi connectivity index (χ2v) is 9.67. The highest BCUT2D eigenvalue weighted by atomic mass is 32.1. The zero-order chi connectivity index (χ0) is 25.7. The first-order valence-electron chi connectivity index (χ1n) is 11.4. The summed E-state index contributed by atoms with van der Waals surface area (Å²) >= 11 is 1.22. The Labute approximate surface area is 209 Å². The summed E-state index contributed by atoms with van der Waals surface area (Å²) in [6, 6.07) is 12.2. The molecule has 2 aromatic carbocycles. The maximum Gasteiger partial charge on any atom is 0.417 e. The normalized spacial score (nSPS) is 17.9. The average Bonchev–Trinajstić information content (AvgIpc) is 3.33. The molecule has 0 aliphatic heterocycles. The van der Waals surface area contributed by atoms with Crippen LogP contribution in [0.3, 0.4) is 0 Å². The number of anilines is 1. The Kier molecular flexibility index (Phi) is 7.78. The lowest BCUT2D eigenvalue weighted by Crippen LogP contribution is -2.36. The van der Waals surface area contributed by atoms with Crippen LogP contribution in [-0.4, -0.2) is 28.3 Å². The van der Waals surface area contributed by atoms with Gasteiger partial charge in [-0.2, -0.15) is 13.2 Å². The van der Waals surface area contributed by atoms with Crippen LogP contribution in [0.1, 0.15) is 47.7 Å². The third-order valence-electron chi connectivity index (χ3n) is 6.07. The molecule has 11 heteroatoms. The van der Waals surface area contributed by atoms with E-state index in [1.54, 1.807) is 0 Å². The molecule has 1 saturated carbocycles. The summed E-state index contributed by atoms with van der Waals surface area (Å²) in [6.45, 7) is 0.245. The largest absolute Gasteiger partial charge is 0.465 e. The van der Waals surface area contributed by atoms with Gasteiger partial charge in [-0.25, -0.2) is 14.6 Å². The van der Waals surface area contributed by atoms with Crippen LogP contribution in [0, 0.1) is 0 Å². The molecular formula is C25H25F3N4O3S. The van der Waals surface area contributed by atoms with Crippen LogP contribution in [0.4, 0.5) is 28.4 Å². The van der Waals surface area contributed by atoms with Crippen molar-refractivity contribution in [1.29, 1.82) is 0 Å². The van der Waals surface area contributed by atoms with E-state index in [1.165, 1.54) is 29.7 Å². The van der Waals surface area contributed by atoms with Crippen molar-refractivity contribution in [3.63, 3.8) is 0 Å². The van der Waals surface area contributed by atoms with Gasteiger partial charge in [-0.1, -0.05) is 36.4 Å². The van der Waals surface area contributed by atoms with Crippen LogP contribution in [0.2, 0.25) is 0 Å². The molecule has 1 aromatic heterocycles. The van der Waals surface area contributed by atoms with E-state index >= 15 is 0 Å². The number of alkyl halides is 3. The van der Waals surface area contributed by atoms with Crippen molar-refractivity contribution < 1.29 is 27.9 Å². The molecule has 7 nitrogen and oxygen atoms in total. The van der Waals surface area contributed by atoms with Gasteiger partial charge in [-0.3, -0.25) is 0 Å². The molecule has 0 bridgehead atoms. The quantitative estimate of drug-likeness (QED) is 0.301. The summed E-state index contributed by atoms with van der Waals surface area (Å²) in [4.78, 5) is 27.8. The number of halogens is 3. The van der Waals surface area contributed by atoms with E-state index in [0.29, 0.717) is 30.6 Å². The Balaban J connectivity index is 1.45. The molecule has 1 fully saturated rings. The van der Waals surface area contributed by atoms with Gasteiger partial charge in [0.05, 0.1) is 15.4 Å². The van der Waals surface area contributed by atoms with Crippen LogP contribution >= 0.6 is 11.3 Å². The van der Waals surface area contributed by atoms with Crippen LogP contribution in [0.15, 0.2) is 54.7 Å². The van der Waals surface area contributed by atoms with Crippen molar-refractivity contribution in [1.82, 2.24) is 15.6 Å². The number of hydrogen-bond donors (Lipinski definition) is 4. The highest BCUT2D eigenvalue weighted by Gasteiger charge is 2.35. The number of urea groups is 1. The van der Waals surface area contributed by atoms with Gasteiger partial charge in [0, 0.05) is 36.0 Å². The highest BCUT2D eigenvalue weighted by Crippen LogP contribution is 2.43. The first kappa shape index (κ1) is 25.5. The Morgan fingerprint density at radius 3 is 2.44 bits per heavy atom. The Morgan fingerprint density at radius 1 is 1.06 bits per heavy atom. The molecule has 1 aliphatic carbocycles. The maximum atomic E-state index is 13.9. The molecule has 1 aliphatic rings. The van der Waals surface area contributed by atoms with Gasteiger partial charge in [0.2, 0.25) is 0 Å². The highest BCUT2D eigenvalue weighted by molar-refractivity contribution is 7.15. The summed E-state index contributed by atoms with van der Waals surface area (Å²) in [5.41, 5.74) is 0.0490. The molecule has 0 atom stereocenters. The average molecular weight is 519 g/mol. The molecule has 0 radical (unpaired) electrons. The molecule has 1 heterocycles. The molecule has 4 N–H and O–H groups in total. The number of carboxylic acid groups (broad SMARTS) is 1. The molecule has 0 unspecified atom stereocenters. The van der Waals surface area contributed by atoms with E-state index < -0.39 is 23.9 Å². The van der Waals surface area contributed by atoms with Crippen molar-refractivity contribution in [3.8, 4) is 10.4 Å². The molecule has 3 aromatic rings. The van der Waals surface area contributed by atoms with Crippen LogP contribution in [-0.2, 0) is 12.7 Å². The predicted octanol–water partition coefficient (Wildman–Crippen LogP) is 6.44. The first-order valence-corrected chi connectivity index (χ1v) is 12.3. The predicted molar refractivity (Wildman–Crippen MR) is 131 cm³/mol. The molecule has 190 valence electrons. The SMILES string of the molecule is O=C(O)NC1CCC(c2ncc(-c3ccc(NC(=O)NCc4ccccc4)cc3C(F)(F)F)s2)CC1. The third kappa shape index (κ3) is 6.54. The number of amides is 3. The van der Waals surface area contributed by atoms with Gasteiger partial charge >= 0.3 is 18.3 Å². The van der Waals surface area contributed by atoms with Gasteiger partial charge < -0.3 is 21.1 Å². The zero-order valence-corrected chi connectivity index (χ0v) is 20.0. The molecule has 36 heavy (non-hydrogen) atoms. The number of nitrogens with one attached hydrogen (secondary N) is 3. The number of rotatable bonds is 6. The van der Waals surface area contributed by atoms with Crippen molar-refractivity contribution in [2.75, 3.05) is 5.32 Å². The van der Waals surface area contributed by atoms with Gasteiger partial charge in [0.15, 0.2) is 0 Å². The van der Waals surface area contributed by atoms with E-state index in [2.05, 4.69) is 20.9 Å². The smallest absolute Gasteiger partial charge is 0.417 e. The molecule has 3 amide bonds. The minimum Gasteiger partial charge on any atom is -0.465 e. The van der Waals surface area contributed by atoms with Crippen molar-refractivity contribution in [3.05, 3.63) is 70.9 Å². The lowest BCUT2D eigenvalue weighted by Gasteiger charge is -2.27. The fourth-order valence-electron chi connectivity index (χ4n) is 4.29. The lowest BCUT2D eigenvalue weighted by atomic mass is 9.86. The van der Waals surface area contributed by atoms with E-state index in [4.69, 9.17) is 5.11 Å². The standard InChI is InChI=1S/C25H25F3N4O3S/c26-25(27,28)20-12-18(31-23(33)30-13-15-4-2-1-3-5-15)10-11-19(20)21-14-29-22(36-21)16-6-8-17(9-7-16)32-24(34)35/h1-5,10-12,14,16-17,32H,6-9,13H2,(H,34,35)(H2,30,31,33). The Bertz CT molecular complexity index is 1210. The van der Waals surface area contributed by atoms with Crippen molar-refractivity contribution >= 4 is 29.1 Å². The summed E-state index contributed by atoms with van der Waals surface area (Å²) in [6.07, 6.45) is -1.49. The van der Waals surface area contributed by atoms with E-state index in [9.17, 15) is 22.8 Å². The van der Waals surface area contributed by atoms with Gasteiger partial charge in [-0.15, -0.1) is 11.3 Å². The zero-order valence-electron chi connectivity index (χ0n) is 19.1. The van der Waals surface area contributed by atoms with Crippen LogP contribution in [0.25, 0.3) is 10.4 Å². The van der Waals surface area contributed by atoms with Crippen LogP contribution in [0.5, 0.6) is 0 Å². The summed E-state index contributed by atoms with van der Waals surface area (Å²) < 4.78 is 41.8. The first-order chi connectivity index (χ1) is 17.2. The number of hydrogen-bond acceptors (Lipinski definition) is 4. The number of carbonyl (C=O) groups excluding carboxylic acids is 1. The van der Waals surface area contributed by atoms with Crippen molar-refractivity contribution in [2.24, 2.45) is 0 Å². The summed E-state index contributed by atoms with van der Waals surface area (Å²) in [5, 5.41) is 17.2. The number of benzene rings is 2. The summed E-state index contributed by atoms with van der Waals surface area (Å²) in [5.74, 6) is 0.0826. The van der Waals surface area contributed by atoms with Gasteiger partial charge in [0.1, 0.15) is 0 Å². The number of thiazole rings is 1. The number of carbonyl (C=O) groups is 2. The second-order valence-electron chi connectivity index (χ2n) is 8.61. The monoisotopic (exact) mass is 518 g/mol. The molecule has 4 rings (SSSR count). The second kappa shape index (κ2) is 11.0. The number of aromatic nitrogens is 1. The molecular weight excluding hydrogens is 493 g/mol. The number of nitrogens with zero attached hydrogens (tertiary/aromatic N) is 1. The van der Waals surface area contributed by atoms with Gasteiger partial charge in [-0.05, 0) is 43.4 Å². The fourth-order valence-corrected chi connectivity index (χ4v) is 5.41. The fraction of sp³-hybridized carbons (Fsp3) is 0.320. The maximum absolute atomic E-state index is 13.9. The molecule has 0 spiro atoms. The minimum absolute atomic E-state index is 0.00252. The van der Waals surface area contributed by atoms with Gasteiger partial charge in [0.25, 0.3) is 0 Å². The van der Waals surface area contributed by atoms with E-state index in [1.807, 2.05) is 30.3 Å². The third-order valence-corrected chi connectivity index (χ3v) is 7.26. The van der Waals surface area contributed by atoms with E-state index in [-0.39, 0.29) is 29.8 Å². The van der Waals surface area contributed by atoms with E-state index in [0.717, 1.165) is 16.6 Å². The minimum atomic E-state index is -4.63. The Hall–Kier alpha value is -3.60. The van der Waals surface area contributed by atoms with Crippen LogP contribution < -0.4 is 16.0 Å². The lowest BCUT2D eigenvalue weighted by molar-refractivity contribution is -0.137. The molecule has 0 saturated heterocycles. The van der Waals surface area contributed by atoms with Crippen molar-refractivity contribution in [2.45, 2.75) is 50.4 Å². The topological polar surface area (TPSA) is 103 Å². The Morgan fingerprint density at radius 2 is 1.78 bits per heavy atom. The summed E-state index contributed by atoms with van der Waals surface area (Å²) in [7, 11) is 0.